The predicted octanol–water partition coefficient (Wildman–Crippen LogP) is 3.02. The molecule has 1 heterocycles. The Hall–Kier alpha value is -1.07. The van der Waals surface area contributed by atoms with Crippen LogP contribution in [-0.2, 0) is 9.47 Å². The van der Waals surface area contributed by atoms with Crippen LogP contribution in [0.25, 0.3) is 0 Å². The Morgan fingerprint density at radius 2 is 2.20 bits per heavy atom. The second kappa shape index (κ2) is 9.04. The van der Waals surface area contributed by atoms with E-state index >= 15 is 0 Å². The number of rotatable bonds is 6. The van der Waals surface area contributed by atoms with Crippen LogP contribution in [0.5, 0.6) is 0 Å². The molecule has 0 aromatic rings. The molecule has 3 aliphatic rings. The zero-order valence-corrected chi connectivity index (χ0v) is 16.0. The van der Waals surface area contributed by atoms with Gasteiger partial charge in [0.2, 0.25) is 0 Å². The maximum Gasteiger partial charge on any atom is 0.191 e. The minimum Gasteiger partial charge on any atom is -0.378 e. The molecule has 0 radical (unpaired) electrons. The van der Waals surface area contributed by atoms with Crippen LogP contribution in [0.2, 0.25) is 0 Å². The third-order valence-corrected chi connectivity index (χ3v) is 6.27. The van der Waals surface area contributed by atoms with E-state index in [1.807, 2.05) is 7.05 Å². The van der Waals surface area contributed by atoms with Gasteiger partial charge in [-0.15, -0.1) is 0 Å². The summed E-state index contributed by atoms with van der Waals surface area (Å²) in [6, 6.07) is 0.498. The standard InChI is InChI=1S/C20H35N3O2/c1-3-25-18-15-17(20(18)10-5-4-6-11-20)23-19(21-2)22-12-7-16-8-13-24-14-9-16/h8,17-18H,3-7,9-15H2,1-2H3,(H2,21,22,23). The largest absolute Gasteiger partial charge is 0.378 e. The van der Waals surface area contributed by atoms with Crippen molar-refractivity contribution in [3.05, 3.63) is 11.6 Å². The van der Waals surface area contributed by atoms with Crippen molar-refractivity contribution in [1.82, 2.24) is 10.6 Å². The SMILES string of the molecule is CCOC1CC(NC(=NC)NCCC2=CCOCC2)C12CCCCC2. The third kappa shape index (κ3) is 4.37. The Morgan fingerprint density at radius 1 is 1.36 bits per heavy atom. The maximum absolute atomic E-state index is 6.06. The molecule has 2 N–H and O–H groups in total. The van der Waals surface area contributed by atoms with Gasteiger partial charge in [-0.2, -0.15) is 0 Å². The van der Waals surface area contributed by atoms with Crippen molar-refractivity contribution in [3.8, 4) is 0 Å². The summed E-state index contributed by atoms with van der Waals surface area (Å²) in [5.41, 5.74) is 1.83. The van der Waals surface area contributed by atoms with Crippen LogP contribution in [0.3, 0.4) is 0 Å². The lowest BCUT2D eigenvalue weighted by Crippen LogP contribution is -2.66. The normalized spacial score (nSPS) is 29.0. The molecule has 142 valence electrons. The summed E-state index contributed by atoms with van der Waals surface area (Å²) < 4.78 is 11.4. The van der Waals surface area contributed by atoms with Crippen molar-refractivity contribution < 1.29 is 9.47 Å². The molecule has 1 aliphatic heterocycles. The lowest BCUT2D eigenvalue weighted by molar-refractivity contribution is -0.145. The van der Waals surface area contributed by atoms with E-state index in [-0.39, 0.29) is 0 Å². The molecular weight excluding hydrogens is 314 g/mol. The fraction of sp³-hybridized carbons (Fsp3) is 0.850. The first-order valence-corrected chi connectivity index (χ1v) is 10.1. The molecule has 25 heavy (non-hydrogen) atoms. The summed E-state index contributed by atoms with van der Waals surface area (Å²) in [5.74, 6) is 0.942. The smallest absolute Gasteiger partial charge is 0.191 e. The highest BCUT2D eigenvalue weighted by Gasteiger charge is 2.55. The zero-order chi connectivity index (χ0) is 17.5. The van der Waals surface area contributed by atoms with Gasteiger partial charge in [-0.3, -0.25) is 4.99 Å². The Labute approximate surface area is 152 Å². The van der Waals surface area contributed by atoms with Gasteiger partial charge in [0.25, 0.3) is 0 Å². The quantitative estimate of drug-likeness (QED) is 0.440. The number of nitrogens with zero attached hydrogens (tertiary/aromatic N) is 1. The second-order valence-corrected chi connectivity index (χ2v) is 7.61. The van der Waals surface area contributed by atoms with Crippen LogP contribution in [0, 0.1) is 5.41 Å². The van der Waals surface area contributed by atoms with Crippen LogP contribution < -0.4 is 10.6 Å². The van der Waals surface area contributed by atoms with E-state index in [0.29, 0.717) is 17.6 Å². The van der Waals surface area contributed by atoms with Gasteiger partial charge in [0, 0.05) is 31.7 Å². The molecule has 1 spiro atoms. The zero-order valence-electron chi connectivity index (χ0n) is 16.0. The van der Waals surface area contributed by atoms with Crippen molar-refractivity contribution in [1.29, 1.82) is 0 Å². The molecule has 0 saturated heterocycles. The summed E-state index contributed by atoms with van der Waals surface area (Å²) in [7, 11) is 1.87. The van der Waals surface area contributed by atoms with Crippen molar-refractivity contribution in [3.63, 3.8) is 0 Å². The van der Waals surface area contributed by atoms with E-state index in [1.54, 1.807) is 0 Å². The van der Waals surface area contributed by atoms with E-state index in [2.05, 4.69) is 28.6 Å². The summed E-state index contributed by atoms with van der Waals surface area (Å²) in [4.78, 5) is 4.45. The molecule has 2 unspecified atom stereocenters. The van der Waals surface area contributed by atoms with Gasteiger partial charge in [0.05, 0.1) is 19.3 Å². The molecule has 0 aromatic heterocycles. The van der Waals surface area contributed by atoms with E-state index in [0.717, 1.165) is 51.6 Å². The number of hydrogen-bond donors (Lipinski definition) is 2. The maximum atomic E-state index is 6.06. The van der Waals surface area contributed by atoms with Gasteiger partial charge >= 0.3 is 0 Å². The number of hydrogen-bond acceptors (Lipinski definition) is 3. The minimum atomic E-state index is 0.328. The fourth-order valence-electron chi connectivity index (χ4n) is 4.76. The Balaban J connectivity index is 1.49. The van der Waals surface area contributed by atoms with Crippen LogP contribution in [-0.4, -0.2) is 51.5 Å². The topological polar surface area (TPSA) is 54.9 Å². The van der Waals surface area contributed by atoms with Crippen LogP contribution in [0.1, 0.15) is 58.3 Å². The Bertz CT molecular complexity index is 483. The highest BCUT2D eigenvalue weighted by Crippen LogP contribution is 2.53. The number of ether oxygens (including phenoxy) is 2. The summed E-state index contributed by atoms with van der Waals surface area (Å²) in [6.07, 6.45) is 12.5. The molecule has 5 heteroatoms. The highest BCUT2D eigenvalue weighted by atomic mass is 16.5. The molecule has 0 aromatic carbocycles. The van der Waals surface area contributed by atoms with Crippen molar-refractivity contribution in [2.45, 2.75) is 70.4 Å². The molecule has 5 nitrogen and oxygen atoms in total. The number of guanidine groups is 1. The summed E-state index contributed by atoms with van der Waals surface area (Å²) >= 11 is 0. The lowest BCUT2D eigenvalue weighted by atomic mass is 9.55. The van der Waals surface area contributed by atoms with Gasteiger partial charge in [0.15, 0.2) is 5.96 Å². The van der Waals surface area contributed by atoms with E-state index in [4.69, 9.17) is 9.47 Å². The third-order valence-electron chi connectivity index (χ3n) is 6.27. The van der Waals surface area contributed by atoms with E-state index < -0.39 is 0 Å². The fourth-order valence-corrected chi connectivity index (χ4v) is 4.76. The molecule has 2 saturated carbocycles. The van der Waals surface area contributed by atoms with Gasteiger partial charge in [0.1, 0.15) is 0 Å². The van der Waals surface area contributed by atoms with Gasteiger partial charge in [-0.05, 0) is 39.0 Å². The molecule has 0 bridgehead atoms. The molecule has 3 rings (SSSR count). The summed E-state index contributed by atoms with van der Waals surface area (Å²) in [5, 5.41) is 7.21. The molecular formula is C20H35N3O2. The number of aliphatic imine (C=N–C) groups is 1. The van der Waals surface area contributed by atoms with Gasteiger partial charge in [-0.25, -0.2) is 0 Å². The van der Waals surface area contributed by atoms with Crippen molar-refractivity contribution >= 4 is 5.96 Å². The molecule has 2 aliphatic carbocycles. The van der Waals surface area contributed by atoms with Gasteiger partial charge < -0.3 is 20.1 Å². The molecule has 2 atom stereocenters. The van der Waals surface area contributed by atoms with Crippen molar-refractivity contribution in [2.75, 3.05) is 33.4 Å². The first-order valence-electron chi connectivity index (χ1n) is 10.1. The highest BCUT2D eigenvalue weighted by molar-refractivity contribution is 5.80. The summed E-state index contributed by atoms with van der Waals surface area (Å²) in [6.45, 7) is 5.50. The number of nitrogens with one attached hydrogen (secondary N) is 2. The predicted molar refractivity (Wildman–Crippen MR) is 102 cm³/mol. The van der Waals surface area contributed by atoms with Crippen LogP contribution in [0.4, 0.5) is 0 Å². The van der Waals surface area contributed by atoms with Crippen LogP contribution >= 0.6 is 0 Å². The average molecular weight is 350 g/mol. The van der Waals surface area contributed by atoms with E-state index in [9.17, 15) is 0 Å². The molecule has 2 fully saturated rings. The Kier molecular flexibility index (Phi) is 6.77. The average Bonchev–Trinajstić information content (AvgIpc) is 2.67. The molecule has 0 amide bonds. The lowest BCUT2D eigenvalue weighted by Gasteiger charge is -2.57. The first kappa shape index (κ1) is 18.7. The second-order valence-electron chi connectivity index (χ2n) is 7.61. The van der Waals surface area contributed by atoms with Crippen LogP contribution in [0.15, 0.2) is 16.6 Å². The first-order chi connectivity index (χ1) is 12.3. The Morgan fingerprint density at radius 3 is 2.88 bits per heavy atom. The monoisotopic (exact) mass is 349 g/mol. The van der Waals surface area contributed by atoms with E-state index in [1.165, 1.54) is 37.7 Å². The van der Waals surface area contributed by atoms with Gasteiger partial charge in [-0.1, -0.05) is 30.9 Å². The minimum absolute atomic E-state index is 0.328. The van der Waals surface area contributed by atoms with Crippen molar-refractivity contribution in [2.24, 2.45) is 10.4 Å².